The molecule has 12 heavy (non-hydrogen) atoms. The number of aromatic nitrogens is 1. The van der Waals surface area contributed by atoms with Gasteiger partial charge < -0.3 is 5.32 Å². The highest BCUT2D eigenvalue weighted by Crippen LogP contribution is 2.41. The zero-order valence-electron chi connectivity index (χ0n) is 7.50. The maximum atomic E-state index is 4.60. The summed E-state index contributed by atoms with van der Waals surface area (Å²) in [4.78, 5) is 4.60. The van der Waals surface area contributed by atoms with Gasteiger partial charge in [0.15, 0.2) is 0 Å². The first kappa shape index (κ1) is 8.20. The lowest BCUT2D eigenvalue weighted by atomic mass is 10.3. The fourth-order valence-corrected chi connectivity index (χ4v) is 2.25. The Morgan fingerprint density at radius 2 is 2.42 bits per heavy atom. The van der Waals surface area contributed by atoms with Gasteiger partial charge in [0.2, 0.25) is 0 Å². The number of thiazole rings is 1. The molecule has 2 rings (SSSR count). The van der Waals surface area contributed by atoms with Crippen LogP contribution in [-0.4, -0.2) is 12.0 Å². The van der Waals surface area contributed by atoms with Crippen LogP contribution in [0.1, 0.15) is 42.4 Å². The van der Waals surface area contributed by atoms with E-state index in [1.165, 1.54) is 23.5 Å². The molecular weight excluding hydrogens is 168 g/mol. The van der Waals surface area contributed by atoms with Gasteiger partial charge in [0, 0.05) is 17.3 Å². The second-order valence-corrected chi connectivity index (χ2v) is 4.28. The molecule has 1 heterocycles. The quantitative estimate of drug-likeness (QED) is 0.776. The van der Waals surface area contributed by atoms with Crippen LogP contribution in [0.15, 0.2) is 5.38 Å². The van der Waals surface area contributed by atoms with E-state index < -0.39 is 0 Å². The van der Waals surface area contributed by atoms with Gasteiger partial charge in [0.05, 0.1) is 10.7 Å². The van der Waals surface area contributed by atoms with Gasteiger partial charge in [-0.15, -0.1) is 11.3 Å². The van der Waals surface area contributed by atoms with E-state index in [-0.39, 0.29) is 0 Å². The van der Waals surface area contributed by atoms with Crippen molar-refractivity contribution in [3.05, 3.63) is 16.1 Å². The third kappa shape index (κ3) is 1.52. The van der Waals surface area contributed by atoms with Crippen LogP contribution in [-0.2, 0) is 0 Å². The van der Waals surface area contributed by atoms with Gasteiger partial charge in [-0.3, -0.25) is 0 Å². The van der Waals surface area contributed by atoms with E-state index in [9.17, 15) is 0 Å². The second kappa shape index (κ2) is 3.15. The first-order valence-corrected chi connectivity index (χ1v) is 5.32. The lowest BCUT2D eigenvalue weighted by Crippen LogP contribution is -2.12. The molecule has 0 saturated heterocycles. The monoisotopic (exact) mass is 182 g/mol. The van der Waals surface area contributed by atoms with Crippen LogP contribution in [0.25, 0.3) is 0 Å². The van der Waals surface area contributed by atoms with E-state index in [0.717, 1.165) is 5.92 Å². The molecule has 1 aromatic heterocycles. The van der Waals surface area contributed by atoms with E-state index in [1.807, 2.05) is 18.4 Å². The van der Waals surface area contributed by atoms with Crippen LogP contribution in [0, 0.1) is 0 Å². The molecule has 66 valence electrons. The lowest BCUT2D eigenvalue weighted by Gasteiger charge is -2.04. The van der Waals surface area contributed by atoms with E-state index >= 15 is 0 Å². The standard InChI is InChI=1S/C9H14N2S/c1-6(10-2)8-5-12-9(11-8)7-3-4-7/h5-7,10H,3-4H2,1-2H3. The highest BCUT2D eigenvalue weighted by atomic mass is 32.1. The van der Waals surface area contributed by atoms with Gasteiger partial charge in [0.1, 0.15) is 0 Å². The van der Waals surface area contributed by atoms with Crippen LogP contribution in [0.3, 0.4) is 0 Å². The Bertz CT molecular complexity index is 265. The van der Waals surface area contributed by atoms with Crippen molar-refractivity contribution in [2.24, 2.45) is 0 Å². The normalized spacial score (nSPS) is 19.5. The number of nitrogens with one attached hydrogen (secondary N) is 1. The number of nitrogens with zero attached hydrogens (tertiary/aromatic N) is 1. The Morgan fingerprint density at radius 1 is 1.67 bits per heavy atom. The van der Waals surface area contributed by atoms with Crippen LogP contribution >= 0.6 is 11.3 Å². The zero-order valence-corrected chi connectivity index (χ0v) is 8.32. The molecule has 1 aliphatic carbocycles. The second-order valence-electron chi connectivity index (χ2n) is 3.40. The Kier molecular flexibility index (Phi) is 2.15. The van der Waals surface area contributed by atoms with Crippen molar-refractivity contribution in [2.75, 3.05) is 7.05 Å². The summed E-state index contributed by atoms with van der Waals surface area (Å²) in [5.74, 6) is 0.799. The van der Waals surface area contributed by atoms with Crippen LogP contribution in [0.4, 0.5) is 0 Å². The molecule has 1 atom stereocenters. The fourth-order valence-electron chi connectivity index (χ4n) is 1.17. The molecule has 1 aliphatic rings. The summed E-state index contributed by atoms with van der Waals surface area (Å²) < 4.78 is 0. The maximum absolute atomic E-state index is 4.60. The molecular formula is C9H14N2S. The highest BCUT2D eigenvalue weighted by Gasteiger charge is 2.26. The summed E-state index contributed by atoms with van der Waals surface area (Å²) in [6.07, 6.45) is 2.70. The molecule has 0 bridgehead atoms. The maximum Gasteiger partial charge on any atom is 0.0959 e. The third-order valence-corrected chi connectivity index (χ3v) is 3.37. The summed E-state index contributed by atoms with van der Waals surface area (Å²) in [6, 6.07) is 0.397. The molecule has 0 aliphatic heterocycles. The molecule has 0 amide bonds. The van der Waals surface area contributed by atoms with Crippen molar-refractivity contribution in [1.29, 1.82) is 0 Å². The van der Waals surface area contributed by atoms with Gasteiger partial charge in [-0.05, 0) is 26.8 Å². The topological polar surface area (TPSA) is 24.9 Å². The van der Waals surface area contributed by atoms with Gasteiger partial charge in [-0.2, -0.15) is 0 Å². The smallest absolute Gasteiger partial charge is 0.0959 e. The first-order chi connectivity index (χ1) is 5.81. The summed E-state index contributed by atoms with van der Waals surface area (Å²) in [6.45, 7) is 2.14. The number of hydrogen-bond donors (Lipinski definition) is 1. The summed E-state index contributed by atoms with van der Waals surface area (Å²) in [7, 11) is 1.97. The molecule has 1 saturated carbocycles. The van der Waals surface area contributed by atoms with Crippen molar-refractivity contribution >= 4 is 11.3 Å². The number of hydrogen-bond acceptors (Lipinski definition) is 3. The zero-order chi connectivity index (χ0) is 8.55. The highest BCUT2D eigenvalue weighted by molar-refractivity contribution is 7.09. The molecule has 2 nitrogen and oxygen atoms in total. The summed E-state index contributed by atoms with van der Waals surface area (Å²) in [5, 5.41) is 6.71. The van der Waals surface area contributed by atoms with Gasteiger partial charge in [-0.1, -0.05) is 0 Å². The number of rotatable bonds is 3. The van der Waals surface area contributed by atoms with E-state index in [1.54, 1.807) is 0 Å². The third-order valence-electron chi connectivity index (χ3n) is 2.34. The van der Waals surface area contributed by atoms with E-state index in [2.05, 4.69) is 22.6 Å². The molecule has 0 aromatic carbocycles. The Labute approximate surface area is 77.0 Å². The van der Waals surface area contributed by atoms with Crippen molar-refractivity contribution in [1.82, 2.24) is 10.3 Å². The van der Waals surface area contributed by atoms with Crippen molar-refractivity contribution in [2.45, 2.75) is 31.7 Å². The van der Waals surface area contributed by atoms with Crippen LogP contribution in [0.5, 0.6) is 0 Å². The van der Waals surface area contributed by atoms with Crippen molar-refractivity contribution in [3.63, 3.8) is 0 Å². The molecule has 1 N–H and O–H groups in total. The van der Waals surface area contributed by atoms with Crippen molar-refractivity contribution < 1.29 is 0 Å². The van der Waals surface area contributed by atoms with Gasteiger partial charge in [0.25, 0.3) is 0 Å². The van der Waals surface area contributed by atoms with Crippen molar-refractivity contribution in [3.8, 4) is 0 Å². The molecule has 0 spiro atoms. The SMILES string of the molecule is CNC(C)c1csc(C2CC2)n1. The Balaban J connectivity index is 2.12. The minimum absolute atomic E-state index is 0.397. The average molecular weight is 182 g/mol. The Hall–Kier alpha value is -0.410. The first-order valence-electron chi connectivity index (χ1n) is 4.44. The van der Waals surface area contributed by atoms with E-state index in [4.69, 9.17) is 0 Å². The largest absolute Gasteiger partial charge is 0.312 e. The summed E-state index contributed by atoms with van der Waals surface area (Å²) >= 11 is 1.81. The molecule has 3 heteroatoms. The molecule has 1 fully saturated rings. The minimum Gasteiger partial charge on any atom is -0.312 e. The predicted octanol–water partition coefficient (Wildman–Crippen LogP) is 2.30. The lowest BCUT2D eigenvalue weighted by molar-refractivity contribution is 0.634. The van der Waals surface area contributed by atoms with Crippen LogP contribution in [0.2, 0.25) is 0 Å². The summed E-state index contributed by atoms with van der Waals surface area (Å²) in [5.41, 5.74) is 1.20. The van der Waals surface area contributed by atoms with E-state index in [0.29, 0.717) is 6.04 Å². The molecule has 0 radical (unpaired) electrons. The Morgan fingerprint density at radius 3 is 3.00 bits per heavy atom. The predicted molar refractivity (Wildman–Crippen MR) is 51.6 cm³/mol. The fraction of sp³-hybridized carbons (Fsp3) is 0.667. The van der Waals surface area contributed by atoms with Gasteiger partial charge >= 0.3 is 0 Å². The molecule has 1 unspecified atom stereocenters. The van der Waals surface area contributed by atoms with Crippen LogP contribution < -0.4 is 5.32 Å². The minimum atomic E-state index is 0.397. The molecule has 1 aromatic rings. The van der Waals surface area contributed by atoms with Gasteiger partial charge in [-0.25, -0.2) is 4.98 Å². The average Bonchev–Trinajstić information content (AvgIpc) is 2.83.